The highest BCUT2D eigenvalue weighted by Gasteiger charge is 2.57. The van der Waals surface area contributed by atoms with E-state index in [0.29, 0.717) is 0 Å². The molecule has 0 amide bonds. The summed E-state index contributed by atoms with van der Waals surface area (Å²) in [5, 5.41) is 0. The van der Waals surface area contributed by atoms with Crippen molar-refractivity contribution < 1.29 is 35.5 Å². The van der Waals surface area contributed by atoms with Crippen LogP contribution in [0.15, 0.2) is 30.3 Å². The Morgan fingerprint density at radius 1 is 1.05 bits per heavy atom. The first-order chi connectivity index (χ1) is 8.67. The molecule has 10 heteroatoms. The minimum atomic E-state index is -5.35. The van der Waals surface area contributed by atoms with E-state index >= 15 is 0 Å². The average Bonchev–Trinajstić information content (AvgIpc) is 2.27. The van der Waals surface area contributed by atoms with Crippen molar-refractivity contribution >= 4 is 26.7 Å². The maximum atomic E-state index is 11.4. The summed E-state index contributed by atoms with van der Waals surface area (Å²) in [7, 11) is -10.7. The highest BCUT2D eigenvalue weighted by atomic mass is 32.3. The first-order valence-electron chi connectivity index (χ1n) is 4.65. The SMILES string of the molecule is O=[C]OCC(c1ccccc1)(S(=O)(=O)O)S(=O)(=O)O. The van der Waals surface area contributed by atoms with Gasteiger partial charge in [0.05, 0.1) is 0 Å². The van der Waals surface area contributed by atoms with E-state index in [1.165, 1.54) is 18.2 Å². The molecule has 0 saturated heterocycles. The quantitative estimate of drug-likeness (QED) is 0.684. The van der Waals surface area contributed by atoms with E-state index in [-0.39, 0.29) is 0 Å². The van der Waals surface area contributed by atoms with Crippen LogP contribution in [0, 0.1) is 0 Å². The van der Waals surface area contributed by atoms with Crippen molar-refractivity contribution in [1.29, 1.82) is 0 Å². The van der Waals surface area contributed by atoms with Crippen LogP contribution in [-0.2, 0) is 33.8 Å². The Bertz CT molecular complexity index is 615. The standard InChI is InChI=1S/C9H9O8S2/c10-7-17-6-9(18(11,12)13,19(14,15)16)8-4-2-1-3-5-8/h1-5H,6H2,(H,11,12,13)(H,14,15,16). The van der Waals surface area contributed by atoms with Gasteiger partial charge in [0.2, 0.25) is 0 Å². The molecular weight excluding hydrogens is 300 g/mol. The second-order valence-corrected chi connectivity index (χ2v) is 6.99. The third-order valence-corrected chi connectivity index (χ3v) is 6.01. The molecule has 0 saturated carbocycles. The van der Waals surface area contributed by atoms with Gasteiger partial charge in [0.25, 0.3) is 24.3 Å². The summed E-state index contributed by atoms with van der Waals surface area (Å²) in [5.41, 5.74) is -0.477. The first kappa shape index (κ1) is 15.6. The van der Waals surface area contributed by atoms with Gasteiger partial charge in [-0.2, -0.15) is 16.8 Å². The van der Waals surface area contributed by atoms with E-state index in [9.17, 15) is 21.6 Å². The monoisotopic (exact) mass is 309 g/mol. The topological polar surface area (TPSA) is 135 Å². The van der Waals surface area contributed by atoms with Gasteiger partial charge in [0, 0.05) is 0 Å². The molecule has 0 unspecified atom stereocenters. The van der Waals surface area contributed by atoms with Crippen LogP contribution < -0.4 is 0 Å². The van der Waals surface area contributed by atoms with Crippen molar-refractivity contribution in [3.8, 4) is 0 Å². The van der Waals surface area contributed by atoms with Crippen molar-refractivity contribution in [1.82, 2.24) is 0 Å². The highest BCUT2D eigenvalue weighted by molar-refractivity contribution is 8.04. The van der Waals surface area contributed by atoms with E-state index < -0.39 is 36.5 Å². The highest BCUT2D eigenvalue weighted by Crippen LogP contribution is 2.35. The van der Waals surface area contributed by atoms with Crippen molar-refractivity contribution in [2.24, 2.45) is 0 Å². The van der Waals surface area contributed by atoms with Crippen LogP contribution in [0.5, 0.6) is 0 Å². The smallest absolute Gasteiger partial charge is 0.417 e. The first-order valence-corrected chi connectivity index (χ1v) is 7.53. The van der Waals surface area contributed by atoms with Gasteiger partial charge in [-0.25, -0.2) is 4.79 Å². The maximum absolute atomic E-state index is 11.4. The predicted molar refractivity (Wildman–Crippen MR) is 62.9 cm³/mol. The Kier molecular flexibility index (Phi) is 4.30. The molecule has 105 valence electrons. The molecule has 1 radical (unpaired) electrons. The largest absolute Gasteiger partial charge is 0.454 e. The zero-order valence-corrected chi connectivity index (χ0v) is 10.9. The van der Waals surface area contributed by atoms with Crippen LogP contribution in [-0.4, -0.2) is 39.0 Å². The van der Waals surface area contributed by atoms with Crippen LogP contribution in [0.2, 0.25) is 0 Å². The Morgan fingerprint density at radius 3 is 1.89 bits per heavy atom. The normalized spacial score (nSPS) is 12.9. The zero-order chi connectivity index (χ0) is 14.7. The summed E-state index contributed by atoms with van der Waals surface area (Å²) in [5.74, 6) is 0. The fraction of sp³-hybridized carbons (Fsp3) is 0.222. The second-order valence-electron chi connectivity index (χ2n) is 3.44. The zero-order valence-electron chi connectivity index (χ0n) is 9.25. The lowest BCUT2D eigenvalue weighted by Gasteiger charge is -2.26. The molecule has 19 heavy (non-hydrogen) atoms. The fourth-order valence-corrected chi connectivity index (χ4v) is 3.83. The third kappa shape index (κ3) is 2.76. The summed E-state index contributed by atoms with van der Waals surface area (Å²) < 4.78 is 64.8. The summed E-state index contributed by atoms with van der Waals surface area (Å²) in [6.45, 7) is -0.499. The molecule has 0 heterocycles. The molecule has 0 aromatic heterocycles. The number of ether oxygens (including phenoxy) is 1. The minimum absolute atomic E-state index is 0.477. The van der Waals surface area contributed by atoms with E-state index in [4.69, 9.17) is 9.11 Å². The third-order valence-electron chi connectivity index (χ3n) is 2.37. The maximum Gasteiger partial charge on any atom is 0.417 e. The number of benzene rings is 1. The van der Waals surface area contributed by atoms with Crippen LogP contribution in [0.25, 0.3) is 0 Å². The van der Waals surface area contributed by atoms with Crippen molar-refractivity contribution in [3.05, 3.63) is 35.9 Å². The molecule has 0 fully saturated rings. The van der Waals surface area contributed by atoms with Gasteiger partial charge in [0.1, 0.15) is 6.61 Å². The number of rotatable bonds is 6. The lowest BCUT2D eigenvalue weighted by atomic mass is 10.1. The Labute approximate surface area is 109 Å². The van der Waals surface area contributed by atoms with Gasteiger partial charge in [-0.1, -0.05) is 30.3 Å². The number of hydrogen-bond donors (Lipinski definition) is 2. The van der Waals surface area contributed by atoms with Crippen molar-refractivity contribution in [2.75, 3.05) is 6.61 Å². The summed E-state index contributed by atoms with van der Waals surface area (Å²) in [4.78, 5) is 10.0. The predicted octanol–water partition coefficient (Wildman–Crippen LogP) is -0.301. The van der Waals surface area contributed by atoms with E-state index in [1.54, 1.807) is 0 Å². The summed E-state index contributed by atoms with van der Waals surface area (Å²) in [6.07, 6.45) is 0. The molecule has 0 atom stereocenters. The summed E-state index contributed by atoms with van der Waals surface area (Å²) in [6, 6.07) is 6.09. The molecular formula is C9H9O8S2. The van der Waals surface area contributed by atoms with Gasteiger partial charge in [-0.3, -0.25) is 9.11 Å². The molecule has 0 aliphatic carbocycles. The van der Waals surface area contributed by atoms with E-state index in [2.05, 4.69) is 4.74 Å². The lowest BCUT2D eigenvalue weighted by molar-refractivity contribution is 0.251. The Morgan fingerprint density at radius 2 is 1.53 bits per heavy atom. The Hall–Kier alpha value is -1.49. The van der Waals surface area contributed by atoms with Crippen molar-refractivity contribution in [3.63, 3.8) is 0 Å². The molecule has 2 N–H and O–H groups in total. The summed E-state index contributed by atoms with van der Waals surface area (Å²) >= 11 is 0. The number of carbonyl (C=O) groups excluding carboxylic acids is 1. The Balaban J connectivity index is 3.69. The van der Waals surface area contributed by atoms with E-state index in [1.807, 2.05) is 0 Å². The molecule has 0 aliphatic rings. The lowest BCUT2D eigenvalue weighted by Crippen LogP contribution is -2.47. The fourth-order valence-electron chi connectivity index (χ4n) is 1.48. The molecule has 1 rings (SSSR count). The average molecular weight is 309 g/mol. The van der Waals surface area contributed by atoms with Crippen LogP contribution in [0.1, 0.15) is 5.56 Å². The molecule has 1 aromatic carbocycles. The van der Waals surface area contributed by atoms with Gasteiger partial charge in [-0.15, -0.1) is 0 Å². The molecule has 1 aromatic rings. The molecule has 0 spiro atoms. The molecule has 0 bridgehead atoms. The van der Waals surface area contributed by atoms with Gasteiger partial charge < -0.3 is 4.74 Å². The van der Waals surface area contributed by atoms with Crippen LogP contribution in [0.4, 0.5) is 0 Å². The minimum Gasteiger partial charge on any atom is -0.454 e. The van der Waals surface area contributed by atoms with Gasteiger partial charge in [0.15, 0.2) is 0 Å². The second kappa shape index (κ2) is 5.25. The molecule has 0 aliphatic heterocycles. The number of hydrogen-bond acceptors (Lipinski definition) is 6. The van der Waals surface area contributed by atoms with Gasteiger partial charge >= 0.3 is 6.47 Å². The molecule has 8 nitrogen and oxygen atoms in total. The van der Waals surface area contributed by atoms with Crippen LogP contribution in [0.3, 0.4) is 0 Å². The van der Waals surface area contributed by atoms with Crippen LogP contribution >= 0.6 is 0 Å². The van der Waals surface area contributed by atoms with E-state index in [0.717, 1.165) is 18.6 Å². The van der Waals surface area contributed by atoms with Crippen molar-refractivity contribution in [2.45, 2.75) is 4.08 Å². The van der Waals surface area contributed by atoms with Gasteiger partial charge in [-0.05, 0) is 5.56 Å².